The molecule has 0 spiro atoms. The predicted molar refractivity (Wildman–Crippen MR) is 58.4 cm³/mol. The average molecular weight is 234 g/mol. The van der Waals surface area contributed by atoms with E-state index in [9.17, 15) is 8.78 Å². The van der Waals surface area contributed by atoms with Gasteiger partial charge in [-0.1, -0.05) is 0 Å². The smallest absolute Gasteiger partial charge is 0.186 e. The highest BCUT2D eigenvalue weighted by Gasteiger charge is 2.15. The topological polar surface area (TPSA) is 41.8 Å². The van der Waals surface area contributed by atoms with Gasteiger partial charge >= 0.3 is 0 Å². The molecule has 0 saturated carbocycles. The first-order valence-corrected chi connectivity index (χ1v) is 5.05. The number of H-pyrrole nitrogens is 1. The first-order valence-electron chi connectivity index (χ1n) is 5.05. The van der Waals surface area contributed by atoms with Crippen molar-refractivity contribution in [2.24, 2.45) is 0 Å². The van der Waals surface area contributed by atoms with Crippen LogP contribution >= 0.6 is 0 Å². The molecule has 3 rings (SSSR count). The Hall–Kier alpha value is -2.17. The lowest BCUT2D eigenvalue weighted by atomic mass is 10.3. The van der Waals surface area contributed by atoms with Crippen molar-refractivity contribution in [2.45, 2.75) is 6.92 Å². The second-order valence-corrected chi connectivity index (χ2v) is 3.78. The molecule has 0 aliphatic rings. The zero-order valence-corrected chi connectivity index (χ0v) is 8.92. The molecular formula is C12H8F2N2O. The zero-order chi connectivity index (χ0) is 12.0. The molecule has 0 radical (unpaired) electrons. The summed E-state index contributed by atoms with van der Waals surface area (Å²) in [6.07, 6.45) is 1.52. The fourth-order valence-electron chi connectivity index (χ4n) is 1.74. The highest BCUT2D eigenvalue weighted by molar-refractivity contribution is 5.79. The van der Waals surface area contributed by atoms with E-state index in [1.807, 2.05) is 6.92 Å². The monoisotopic (exact) mass is 234 g/mol. The van der Waals surface area contributed by atoms with E-state index < -0.39 is 11.6 Å². The van der Waals surface area contributed by atoms with Gasteiger partial charge in [-0.25, -0.2) is 13.8 Å². The second-order valence-electron chi connectivity index (χ2n) is 3.78. The summed E-state index contributed by atoms with van der Waals surface area (Å²) in [5.74, 6) is -0.936. The molecule has 86 valence electrons. The van der Waals surface area contributed by atoms with Gasteiger partial charge < -0.3 is 9.40 Å². The molecule has 5 heteroatoms. The number of aromatic nitrogens is 2. The summed E-state index contributed by atoms with van der Waals surface area (Å²) in [7, 11) is 0. The Morgan fingerprint density at radius 3 is 2.76 bits per heavy atom. The summed E-state index contributed by atoms with van der Waals surface area (Å²) in [6, 6.07) is 4.29. The van der Waals surface area contributed by atoms with E-state index in [0.29, 0.717) is 17.1 Å². The number of benzene rings is 1. The maximum Gasteiger partial charge on any atom is 0.186 e. The van der Waals surface area contributed by atoms with Crippen LogP contribution < -0.4 is 0 Å². The van der Waals surface area contributed by atoms with Gasteiger partial charge in [-0.05, 0) is 30.7 Å². The van der Waals surface area contributed by atoms with Crippen LogP contribution in [-0.4, -0.2) is 9.97 Å². The third-order valence-corrected chi connectivity index (χ3v) is 2.62. The van der Waals surface area contributed by atoms with Crippen LogP contribution in [-0.2, 0) is 0 Å². The second kappa shape index (κ2) is 3.41. The molecule has 0 atom stereocenters. The Balaban J connectivity index is 2.27. The Morgan fingerprint density at radius 1 is 1.24 bits per heavy atom. The number of nitrogens with one attached hydrogen (secondary N) is 1. The molecule has 17 heavy (non-hydrogen) atoms. The lowest BCUT2D eigenvalue weighted by Crippen LogP contribution is -1.84. The van der Waals surface area contributed by atoms with Gasteiger partial charge in [-0.15, -0.1) is 0 Å². The van der Waals surface area contributed by atoms with Crippen LogP contribution in [0.5, 0.6) is 0 Å². The van der Waals surface area contributed by atoms with Crippen molar-refractivity contribution in [1.29, 1.82) is 0 Å². The van der Waals surface area contributed by atoms with Crippen molar-refractivity contribution in [3.05, 3.63) is 41.7 Å². The normalized spacial score (nSPS) is 11.2. The molecular weight excluding hydrogens is 226 g/mol. The Bertz CT molecular complexity index is 700. The summed E-state index contributed by atoms with van der Waals surface area (Å²) in [6.45, 7) is 1.85. The standard InChI is InChI=1S/C12H8F2N2O/c1-6-4-5-17-11(6)12-15-8-3-2-7(13)9(14)10(8)16-12/h2-5H,1H3,(H,15,16). The summed E-state index contributed by atoms with van der Waals surface area (Å²) < 4.78 is 31.7. The van der Waals surface area contributed by atoms with Gasteiger partial charge in [0.2, 0.25) is 0 Å². The molecule has 0 saturated heterocycles. The molecule has 0 unspecified atom stereocenters. The van der Waals surface area contributed by atoms with Crippen LogP contribution in [0.1, 0.15) is 5.56 Å². The van der Waals surface area contributed by atoms with Crippen LogP contribution in [0, 0.1) is 18.6 Å². The van der Waals surface area contributed by atoms with E-state index in [1.165, 1.54) is 12.3 Å². The minimum absolute atomic E-state index is 0.0178. The molecule has 0 bridgehead atoms. The molecule has 3 nitrogen and oxygen atoms in total. The molecule has 0 aliphatic heterocycles. The van der Waals surface area contributed by atoms with Crippen molar-refractivity contribution in [2.75, 3.05) is 0 Å². The predicted octanol–water partition coefficient (Wildman–Crippen LogP) is 3.41. The molecule has 3 aromatic rings. The Labute approximate surface area is 95.1 Å². The quantitative estimate of drug-likeness (QED) is 0.701. The van der Waals surface area contributed by atoms with Crippen molar-refractivity contribution in [3.63, 3.8) is 0 Å². The Kier molecular flexibility index (Phi) is 2.01. The minimum Gasteiger partial charge on any atom is -0.461 e. The Morgan fingerprint density at radius 2 is 2.06 bits per heavy atom. The molecule has 2 heterocycles. The van der Waals surface area contributed by atoms with Crippen LogP contribution in [0.25, 0.3) is 22.6 Å². The van der Waals surface area contributed by atoms with Gasteiger partial charge in [0.15, 0.2) is 23.2 Å². The SMILES string of the molecule is Cc1ccoc1-c1nc2c(F)c(F)ccc2[nH]1. The number of aromatic amines is 1. The largest absolute Gasteiger partial charge is 0.461 e. The number of nitrogens with zero attached hydrogens (tertiary/aromatic N) is 1. The van der Waals surface area contributed by atoms with E-state index in [2.05, 4.69) is 9.97 Å². The summed E-state index contributed by atoms with van der Waals surface area (Å²) in [5.41, 5.74) is 1.30. The van der Waals surface area contributed by atoms with E-state index in [4.69, 9.17) is 4.42 Å². The third-order valence-electron chi connectivity index (χ3n) is 2.62. The van der Waals surface area contributed by atoms with Gasteiger partial charge in [-0.3, -0.25) is 0 Å². The number of furan rings is 1. The maximum absolute atomic E-state index is 13.5. The highest BCUT2D eigenvalue weighted by atomic mass is 19.2. The molecule has 0 aliphatic carbocycles. The summed E-state index contributed by atoms with van der Waals surface area (Å²) in [4.78, 5) is 6.91. The number of rotatable bonds is 1. The van der Waals surface area contributed by atoms with Crippen LogP contribution in [0.3, 0.4) is 0 Å². The van der Waals surface area contributed by atoms with E-state index in [1.54, 1.807) is 6.07 Å². The molecule has 1 N–H and O–H groups in total. The van der Waals surface area contributed by atoms with Crippen molar-refractivity contribution in [3.8, 4) is 11.6 Å². The third kappa shape index (κ3) is 1.43. The fraction of sp³-hybridized carbons (Fsp3) is 0.0833. The van der Waals surface area contributed by atoms with Crippen molar-refractivity contribution < 1.29 is 13.2 Å². The maximum atomic E-state index is 13.5. The fourth-order valence-corrected chi connectivity index (χ4v) is 1.74. The average Bonchev–Trinajstić information content (AvgIpc) is 2.89. The first-order chi connectivity index (χ1) is 8.16. The number of hydrogen-bond donors (Lipinski definition) is 1. The number of imidazole rings is 1. The first kappa shape index (κ1) is 10.0. The minimum atomic E-state index is -0.950. The number of hydrogen-bond acceptors (Lipinski definition) is 2. The van der Waals surface area contributed by atoms with Crippen LogP contribution in [0.2, 0.25) is 0 Å². The number of fused-ring (bicyclic) bond motifs is 1. The van der Waals surface area contributed by atoms with Crippen LogP contribution in [0.15, 0.2) is 28.9 Å². The summed E-state index contributed by atoms with van der Waals surface area (Å²) in [5, 5.41) is 0. The van der Waals surface area contributed by atoms with E-state index in [0.717, 1.165) is 11.6 Å². The van der Waals surface area contributed by atoms with Gasteiger partial charge in [0.05, 0.1) is 11.8 Å². The number of halogens is 2. The number of aryl methyl sites for hydroxylation is 1. The zero-order valence-electron chi connectivity index (χ0n) is 8.92. The van der Waals surface area contributed by atoms with Gasteiger partial charge in [0.1, 0.15) is 5.52 Å². The lowest BCUT2D eigenvalue weighted by Gasteiger charge is -1.91. The molecule has 1 aromatic carbocycles. The van der Waals surface area contributed by atoms with Crippen LogP contribution in [0.4, 0.5) is 8.78 Å². The van der Waals surface area contributed by atoms with Gasteiger partial charge in [-0.2, -0.15) is 0 Å². The summed E-state index contributed by atoms with van der Waals surface area (Å²) >= 11 is 0. The molecule has 0 fully saturated rings. The van der Waals surface area contributed by atoms with Crippen molar-refractivity contribution >= 4 is 11.0 Å². The van der Waals surface area contributed by atoms with E-state index >= 15 is 0 Å². The molecule has 0 amide bonds. The van der Waals surface area contributed by atoms with E-state index in [-0.39, 0.29) is 5.52 Å². The lowest BCUT2D eigenvalue weighted by molar-refractivity contribution is 0.515. The van der Waals surface area contributed by atoms with Gasteiger partial charge in [0, 0.05) is 0 Å². The van der Waals surface area contributed by atoms with Gasteiger partial charge in [0.25, 0.3) is 0 Å². The van der Waals surface area contributed by atoms with Crippen molar-refractivity contribution in [1.82, 2.24) is 9.97 Å². The molecule has 2 aromatic heterocycles. The highest BCUT2D eigenvalue weighted by Crippen LogP contribution is 2.26.